The summed E-state index contributed by atoms with van der Waals surface area (Å²) in [5, 5.41) is 3.81. The molecule has 0 spiro atoms. The highest BCUT2D eigenvalue weighted by Gasteiger charge is 2.25. The first-order valence-corrected chi connectivity index (χ1v) is 5.84. The molecule has 1 aromatic heterocycles. The van der Waals surface area contributed by atoms with Gasteiger partial charge in [0, 0.05) is 19.2 Å². The maximum absolute atomic E-state index is 5.91. The van der Waals surface area contributed by atoms with E-state index in [2.05, 4.69) is 22.2 Å². The van der Waals surface area contributed by atoms with E-state index in [1.807, 2.05) is 0 Å². The van der Waals surface area contributed by atoms with Crippen LogP contribution in [0.3, 0.4) is 0 Å². The lowest BCUT2D eigenvalue weighted by atomic mass is 9.82. The van der Waals surface area contributed by atoms with Gasteiger partial charge < -0.3 is 10.1 Å². The van der Waals surface area contributed by atoms with Gasteiger partial charge in [0.25, 0.3) is 0 Å². The first kappa shape index (κ1) is 11.6. The summed E-state index contributed by atoms with van der Waals surface area (Å²) in [7, 11) is 1.62. The molecule has 0 atom stereocenters. The third-order valence-corrected chi connectivity index (χ3v) is 2.93. The number of hydrogen-bond acceptors (Lipinski definition) is 4. The van der Waals surface area contributed by atoms with Crippen molar-refractivity contribution < 1.29 is 4.74 Å². The molecule has 0 aromatic carbocycles. The second-order valence-electron chi connectivity index (χ2n) is 4.34. The molecule has 0 unspecified atom stereocenters. The minimum atomic E-state index is 0.385. The van der Waals surface area contributed by atoms with E-state index < -0.39 is 0 Å². The van der Waals surface area contributed by atoms with Crippen molar-refractivity contribution in [2.45, 2.75) is 32.4 Å². The van der Waals surface area contributed by atoms with Crippen molar-refractivity contribution >= 4 is 17.4 Å². The summed E-state index contributed by atoms with van der Waals surface area (Å²) in [6.45, 7) is 2.64. The molecule has 88 valence electrons. The summed E-state index contributed by atoms with van der Waals surface area (Å²) in [5.41, 5.74) is 0. The number of halogens is 1. The largest absolute Gasteiger partial charge is 0.377 e. The Morgan fingerprint density at radius 1 is 1.50 bits per heavy atom. The van der Waals surface area contributed by atoms with Crippen LogP contribution in [0.5, 0.6) is 0 Å². The fourth-order valence-electron chi connectivity index (χ4n) is 1.96. The maximum Gasteiger partial charge on any atom is 0.158 e. The van der Waals surface area contributed by atoms with Crippen LogP contribution >= 0.6 is 11.6 Å². The lowest BCUT2D eigenvalue weighted by Crippen LogP contribution is -2.34. The Balaban J connectivity index is 2.02. The van der Waals surface area contributed by atoms with Crippen molar-refractivity contribution in [1.29, 1.82) is 0 Å². The smallest absolute Gasteiger partial charge is 0.158 e. The standard InChI is InChI=1S/C11H16ClN3O/c1-7-3-8(4-7)13-10-5-9(12)14-11(15-10)6-16-2/h5,7-8H,3-4,6H2,1-2H3,(H,13,14,15). The van der Waals surface area contributed by atoms with Crippen molar-refractivity contribution in [2.75, 3.05) is 12.4 Å². The zero-order chi connectivity index (χ0) is 11.5. The Bertz CT molecular complexity index is 366. The maximum atomic E-state index is 5.91. The quantitative estimate of drug-likeness (QED) is 0.823. The van der Waals surface area contributed by atoms with Gasteiger partial charge in [-0.2, -0.15) is 0 Å². The van der Waals surface area contributed by atoms with Crippen LogP contribution in [0.2, 0.25) is 5.15 Å². The lowest BCUT2D eigenvalue weighted by Gasteiger charge is -2.33. The molecule has 0 saturated heterocycles. The van der Waals surface area contributed by atoms with Crippen molar-refractivity contribution in [2.24, 2.45) is 5.92 Å². The Morgan fingerprint density at radius 2 is 2.25 bits per heavy atom. The molecule has 4 nitrogen and oxygen atoms in total. The Kier molecular flexibility index (Phi) is 3.61. The van der Waals surface area contributed by atoms with Gasteiger partial charge in [-0.25, -0.2) is 9.97 Å². The molecule has 1 aromatic rings. The lowest BCUT2D eigenvalue weighted by molar-refractivity contribution is 0.178. The van der Waals surface area contributed by atoms with Gasteiger partial charge in [0.2, 0.25) is 0 Å². The van der Waals surface area contributed by atoms with Gasteiger partial charge in [0.15, 0.2) is 5.82 Å². The topological polar surface area (TPSA) is 47.0 Å². The van der Waals surface area contributed by atoms with Crippen molar-refractivity contribution in [3.8, 4) is 0 Å². The van der Waals surface area contributed by atoms with E-state index in [0.717, 1.165) is 11.7 Å². The minimum Gasteiger partial charge on any atom is -0.377 e. The van der Waals surface area contributed by atoms with Crippen molar-refractivity contribution in [3.63, 3.8) is 0 Å². The van der Waals surface area contributed by atoms with Crippen LogP contribution in [0.15, 0.2) is 6.07 Å². The molecule has 0 aliphatic heterocycles. The highest BCUT2D eigenvalue weighted by molar-refractivity contribution is 6.29. The summed E-state index contributed by atoms with van der Waals surface area (Å²) in [4.78, 5) is 8.42. The van der Waals surface area contributed by atoms with Gasteiger partial charge in [-0.3, -0.25) is 0 Å². The summed E-state index contributed by atoms with van der Waals surface area (Å²) in [6.07, 6.45) is 2.39. The molecular formula is C11H16ClN3O. The van der Waals surface area contributed by atoms with E-state index in [0.29, 0.717) is 23.6 Å². The number of nitrogens with one attached hydrogen (secondary N) is 1. The number of aromatic nitrogens is 2. The number of methoxy groups -OCH3 is 1. The fraction of sp³-hybridized carbons (Fsp3) is 0.636. The first-order chi connectivity index (χ1) is 7.67. The Hall–Kier alpha value is -0.870. The van der Waals surface area contributed by atoms with E-state index in [1.165, 1.54) is 12.8 Å². The highest BCUT2D eigenvalue weighted by Crippen LogP contribution is 2.29. The summed E-state index contributed by atoms with van der Waals surface area (Å²) >= 11 is 5.91. The average molecular weight is 242 g/mol. The van der Waals surface area contributed by atoms with E-state index in [9.17, 15) is 0 Å². The van der Waals surface area contributed by atoms with E-state index in [1.54, 1.807) is 13.2 Å². The predicted molar refractivity (Wildman–Crippen MR) is 63.6 cm³/mol. The van der Waals surface area contributed by atoms with E-state index in [-0.39, 0.29) is 0 Å². The number of anilines is 1. The van der Waals surface area contributed by atoms with Gasteiger partial charge in [-0.15, -0.1) is 0 Å². The van der Waals surface area contributed by atoms with Gasteiger partial charge in [0.05, 0.1) is 0 Å². The molecule has 2 rings (SSSR count). The zero-order valence-corrected chi connectivity index (χ0v) is 10.3. The number of ether oxygens (including phenoxy) is 1. The van der Waals surface area contributed by atoms with Gasteiger partial charge >= 0.3 is 0 Å². The van der Waals surface area contributed by atoms with Gasteiger partial charge in [-0.1, -0.05) is 18.5 Å². The third-order valence-electron chi connectivity index (χ3n) is 2.74. The molecule has 1 N–H and O–H groups in total. The number of hydrogen-bond donors (Lipinski definition) is 1. The van der Waals surface area contributed by atoms with Gasteiger partial charge in [0.1, 0.15) is 17.6 Å². The molecule has 1 aliphatic carbocycles. The van der Waals surface area contributed by atoms with E-state index in [4.69, 9.17) is 16.3 Å². The van der Waals surface area contributed by atoms with Crippen LogP contribution in [-0.4, -0.2) is 23.1 Å². The molecule has 0 amide bonds. The SMILES string of the molecule is COCc1nc(Cl)cc(NC2CC(C)C2)n1. The van der Waals surface area contributed by atoms with Crippen LogP contribution in [0.1, 0.15) is 25.6 Å². The van der Waals surface area contributed by atoms with Crippen LogP contribution in [-0.2, 0) is 11.3 Å². The molecule has 5 heteroatoms. The molecule has 1 aliphatic rings. The van der Waals surface area contributed by atoms with Gasteiger partial charge in [-0.05, 0) is 18.8 Å². The third kappa shape index (κ3) is 2.83. The Labute approximate surface area is 100 Å². The monoisotopic (exact) mass is 241 g/mol. The predicted octanol–water partition coefficient (Wildman–Crippen LogP) is 2.49. The van der Waals surface area contributed by atoms with Crippen LogP contribution in [0.4, 0.5) is 5.82 Å². The normalized spacial score (nSPS) is 23.9. The molecule has 16 heavy (non-hydrogen) atoms. The average Bonchev–Trinajstić information content (AvgIpc) is 2.15. The van der Waals surface area contributed by atoms with Crippen LogP contribution < -0.4 is 5.32 Å². The van der Waals surface area contributed by atoms with E-state index >= 15 is 0 Å². The number of nitrogens with zero attached hydrogens (tertiary/aromatic N) is 2. The Morgan fingerprint density at radius 3 is 2.88 bits per heavy atom. The molecule has 1 fully saturated rings. The molecular weight excluding hydrogens is 226 g/mol. The summed E-state index contributed by atoms with van der Waals surface area (Å²) in [5.74, 6) is 2.22. The van der Waals surface area contributed by atoms with Crippen molar-refractivity contribution in [1.82, 2.24) is 9.97 Å². The van der Waals surface area contributed by atoms with Crippen LogP contribution in [0, 0.1) is 5.92 Å². The molecule has 0 bridgehead atoms. The molecule has 0 radical (unpaired) electrons. The fourth-order valence-corrected chi connectivity index (χ4v) is 2.16. The summed E-state index contributed by atoms with van der Waals surface area (Å²) in [6, 6.07) is 2.28. The van der Waals surface area contributed by atoms with Crippen molar-refractivity contribution in [3.05, 3.63) is 17.0 Å². The molecule has 1 heterocycles. The zero-order valence-electron chi connectivity index (χ0n) is 9.53. The second kappa shape index (κ2) is 4.97. The molecule has 1 saturated carbocycles. The first-order valence-electron chi connectivity index (χ1n) is 5.46. The van der Waals surface area contributed by atoms with Crippen LogP contribution in [0.25, 0.3) is 0 Å². The highest BCUT2D eigenvalue weighted by atomic mass is 35.5. The summed E-state index contributed by atoms with van der Waals surface area (Å²) < 4.78 is 4.99. The minimum absolute atomic E-state index is 0.385. The second-order valence-corrected chi connectivity index (χ2v) is 4.73. The number of rotatable bonds is 4.